The van der Waals surface area contributed by atoms with Crippen LogP contribution in [0.25, 0.3) is 0 Å². The predicted octanol–water partition coefficient (Wildman–Crippen LogP) is 4.72. The van der Waals surface area contributed by atoms with Gasteiger partial charge in [-0.1, -0.05) is 19.3 Å². The zero-order valence-electron chi connectivity index (χ0n) is 12.9. The maximum atomic E-state index is 13.1. The van der Waals surface area contributed by atoms with Crippen molar-refractivity contribution in [2.45, 2.75) is 64.0 Å². The number of nitrogens with one attached hydrogen (secondary N) is 1. The number of rotatable bonds is 2. The molecule has 1 aromatic heterocycles. The number of nitrogens with zero attached hydrogens (tertiary/aromatic N) is 1. The number of hydrogen-bond acceptors (Lipinski definition) is 3. The second kappa shape index (κ2) is 6.79. The lowest BCUT2D eigenvalue weighted by atomic mass is 9.78. The molecule has 2 aliphatic carbocycles. The minimum Gasteiger partial charge on any atom is -0.302 e. The van der Waals surface area contributed by atoms with Gasteiger partial charge in [0.25, 0.3) is 0 Å². The Balaban J connectivity index is 1.70. The van der Waals surface area contributed by atoms with Gasteiger partial charge in [0.15, 0.2) is 5.13 Å². The summed E-state index contributed by atoms with van der Waals surface area (Å²) in [6.45, 7) is 0. The predicted molar refractivity (Wildman–Crippen MR) is 83.5 cm³/mol. The molecule has 0 radical (unpaired) electrons. The number of aryl methyl sites for hydroxylation is 2. The van der Waals surface area contributed by atoms with E-state index in [0.717, 1.165) is 31.4 Å². The van der Waals surface area contributed by atoms with Gasteiger partial charge in [-0.15, -0.1) is 11.3 Å². The standard InChI is InChI=1S/C16H21F3N2OS/c17-16(18,19)11-7-5-4-6-10(11)14(22)21-15-20-12-8-2-1-3-9-13(12)23-15/h10-11H,1-9H2,(H,20,21,22). The summed E-state index contributed by atoms with van der Waals surface area (Å²) in [5, 5.41) is 3.13. The second-order valence-electron chi connectivity index (χ2n) is 6.48. The molecule has 2 aliphatic rings. The van der Waals surface area contributed by atoms with E-state index in [9.17, 15) is 18.0 Å². The molecule has 1 heterocycles. The highest BCUT2D eigenvalue weighted by molar-refractivity contribution is 7.15. The van der Waals surface area contributed by atoms with Gasteiger partial charge in [-0.05, 0) is 38.5 Å². The Morgan fingerprint density at radius 1 is 1.09 bits per heavy atom. The number of hydrogen-bond donors (Lipinski definition) is 1. The average molecular weight is 346 g/mol. The van der Waals surface area contributed by atoms with Crippen molar-refractivity contribution in [3.8, 4) is 0 Å². The van der Waals surface area contributed by atoms with Crippen molar-refractivity contribution < 1.29 is 18.0 Å². The van der Waals surface area contributed by atoms with Gasteiger partial charge in [0.2, 0.25) is 5.91 Å². The molecule has 23 heavy (non-hydrogen) atoms. The molecule has 7 heteroatoms. The highest BCUT2D eigenvalue weighted by Crippen LogP contribution is 2.42. The molecule has 1 saturated carbocycles. The number of aromatic nitrogens is 1. The lowest BCUT2D eigenvalue weighted by Gasteiger charge is -2.31. The van der Waals surface area contributed by atoms with Gasteiger partial charge in [-0.25, -0.2) is 4.98 Å². The van der Waals surface area contributed by atoms with Gasteiger partial charge in [0.1, 0.15) is 0 Å². The van der Waals surface area contributed by atoms with Crippen molar-refractivity contribution in [3.05, 3.63) is 10.6 Å². The van der Waals surface area contributed by atoms with E-state index in [1.54, 1.807) is 0 Å². The molecule has 0 aliphatic heterocycles. The van der Waals surface area contributed by atoms with Crippen LogP contribution in [0.15, 0.2) is 0 Å². The normalized spacial score (nSPS) is 25.5. The smallest absolute Gasteiger partial charge is 0.302 e. The van der Waals surface area contributed by atoms with Gasteiger partial charge in [-0.2, -0.15) is 13.2 Å². The number of amides is 1. The van der Waals surface area contributed by atoms with Crippen molar-refractivity contribution >= 4 is 22.4 Å². The van der Waals surface area contributed by atoms with Crippen LogP contribution in [0.2, 0.25) is 0 Å². The van der Waals surface area contributed by atoms with E-state index in [2.05, 4.69) is 10.3 Å². The topological polar surface area (TPSA) is 42.0 Å². The molecular weight excluding hydrogens is 325 g/mol. The summed E-state index contributed by atoms with van der Waals surface area (Å²) >= 11 is 1.43. The fourth-order valence-corrected chi connectivity index (χ4v) is 4.67. The lowest BCUT2D eigenvalue weighted by Crippen LogP contribution is -2.39. The molecule has 1 fully saturated rings. The van der Waals surface area contributed by atoms with Gasteiger partial charge < -0.3 is 5.32 Å². The summed E-state index contributed by atoms with van der Waals surface area (Å²) in [5.41, 5.74) is 1.01. The molecule has 128 valence electrons. The summed E-state index contributed by atoms with van der Waals surface area (Å²) in [7, 11) is 0. The van der Waals surface area contributed by atoms with Crippen molar-refractivity contribution in [1.82, 2.24) is 4.98 Å². The van der Waals surface area contributed by atoms with E-state index < -0.39 is 23.9 Å². The van der Waals surface area contributed by atoms with Crippen molar-refractivity contribution in [2.24, 2.45) is 11.8 Å². The zero-order chi connectivity index (χ0) is 16.4. The van der Waals surface area contributed by atoms with Crippen LogP contribution >= 0.6 is 11.3 Å². The number of fused-ring (bicyclic) bond motifs is 1. The van der Waals surface area contributed by atoms with E-state index >= 15 is 0 Å². The third kappa shape index (κ3) is 3.87. The van der Waals surface area contributed by atoms with Crippen LogP contribution in [0, 0.1) is 11.8 Å². The quantitative estimate of drug-likeness (QED) is 0.787. The first-order valence-corrected chi connectivity index (χ1v) is 9.13. The van der Waals surface area contributed by atoms with E-state index in [4.69, 9.17) is 0 Å². The lowest BCUT2D eigenvalue weighted by molar-refractivity contribution is -0.197. The molecule has 0 bridgehead atoms. The monoisotopic (exact) mass is 346 g/mol. The van der Waals surface area contributed by atoms with Gasteiger partial charge in [-0.3, -0.25) is 4.79 Å². The van der Waals surface area contributed by atoms with Crippen LogP contribution < -0.4 is 5.32 Å². The van der Waals surface area contributed by atoms with E-state index in [1.807, 2.05) is 0 Å². The maximum Gasteiger partial charge on any atom is 0.392 e. The summed E-state index contributed by atoms with van der Waals surface area (Å²) in [6.07, 6.45) is 2.51. The first-order chi connectivity index (χ1) is 10.9. The molecule has 2 unspecified atom stereocenters. The van der Waals surface area contributed by atoms with E-state index in [1.165, 1.54) is 22.6 Å². The largest absolute Gasteiger partial charge is 0.392 e. The van der Waals surface area contributed by atoms with Crippen LogP contribution in [-0.4, -0.2) is 17.1 Å². The molecular formula is C16H21F3N2OS. The highest BCUT2D eigenvalue weighted by atomic mass is 32.1. The van der Waals surface area contributed by atoms with Crippen LogP contribution in [-0.2, 0) is 17.6 Å². The first-order valence-electron chi connectivity index (χ1n) is 8.31. The molecule has 0 aromatic carbocycles. The first kappa shape index (κ1) is 16.7. The maximum absolute atomic E-state index is 13.1. The molecule has 3 nitrogen and oxygen atoms in total. The van der Waals surface area contributed by atoms with E-state index in [-0.39, 0.29) is 6.42 Å². The molecule has 2 atom stereocenters. The fraction of sp³-hybridized carbons (Fsp3) is 0.750. The summed E-state index contributed by atoms with van der Waals surface area (Å²) in [5.74, 6) is -3.02. The molecule has 1 N–H and O–H groups in total. The molecule has 0 spiro atoms. The molecule has 0 saturated heterocycles. The van der Waals surface area contributed by atoms with Gasteiger partial charge in [0.05, 0.1) is 11.6 Å². The number of alkyl halides is 3. The van der Waals surface area contributed by atoms with Crippen LogP contribution in [0.4, 0.5) is 18.3 Å². The van der Waals surface area contributed by atoms with Crippen LogP contribution in [0.3, 0.4) is 0 Å². The van der Waals surface area contributed by atoms with Crippen molar-refractivity contribution in [2.75, 3.05) is 5.32 Å². The summed E-state index contributed by atoms with van der Waals surface area (Å²) in [6, 6.07) is 0. The Morgan fingerprint density at radius 2 is 1.83 bits per heavy atom. The molecule has 1 aromatic rings. The van der Waals surface area contributed by atoms with Crippen molar-refractivity contribution in [3.63, 3.8) is 0 Å². The Kier molecular flexibility index (Phi) is 4.94. The Hall–Kier alpha value is -1.11. The highest BCUT2D eigenvalue weighted by Gasteiger charge is 2.48. The van der Waals surface area contributed by atoms with E-state index in [0.29, 0.717) is 24.4 Å². The number of halogens is 3. The van der Waals surface area contributed by atoms with Crippen molar-refractivity contribution in [1.29, 1.82) is 0 Å². The van der Waals surface area contributed by atoms with Crippen LogP contribution in [0.1, 0.15) is 55.5 Å². The summed E-state index contributed by atoms with van der Waals surface area (Å²) < 4.78 is 39.4. The second-order valence-corrected chi connectivity index (χ2v) is 7.56. The third-order valence-corrected chi connectivity index (χ3v) is 5.92. The van der Waals surface area contributed by atoms with Gasteiger partial charge >= 0.3 is 6.18 Å². The molecule has 3 rings (SSSR count). The number of thiazole rings is 1. The number of anilines is 1. The third-order valence-electron chi connectivity index (χ3n) is 4.85. The van der Waals surface area contributed by atoms with Gasteiger partial charge in [0, 0.05) is 10.8 Å². The Bertz CT molecular complexity index is 547. The van der Waals surface area contributed by atoms with Crippen LogP contribution in [0.5, 0.6) is 0 Å². The minimum absolute atomic E-state index is 0.0515. The molecule has 1 amide bonds. The Labute approximate surface area is 137 Å². The minimum atomic E-state index is -4.30. The number of carbonyl (C=O) groups excluding carboxylic acids is 1. The fourth-order valence-electron chi connectivity index (χ4n) is 3.62. The summed E-state index contributed by atoms with van der Waals surface area (Å²) in [4.78, 5) is 18.0. The average Bonchev–Trinajstić information content (AvgIpc) is 2.75. The SMILES string of the molecule is O=C(Nc1nc2c(s1)CCCCC2)C1CCCCC1C(F)(F)F. The number of carbonyl (C=O) groups is 1. The zero-order valence-corrected chi connectivity index (χ0v) is 13.7. The Morgan fingerprint density at radius 3 is 2.61 bits per heavy atom.